The van der Waals surface area contributed by atoms with Crippen LogP contribution in [0, 0.1) is 11.7 Å². The molecule has 0 spiro atoms. The van der Waals surface area contributed by atoms with E-state index in [-0.39, 0.29) is 30.1 Å². The van der Waals surface area contributed by atoms with Gasteiger partial charge in [-0.05, 0) is 61.4 Å². The molecule has 8 heteroatoms. The lowest BCUT2D eigenvalue weighted by molar-refractivity contribution is -0.126. The van der Waals surface area contributed by atoms with Gasteiger partial charge < -0.3 is 14.6 Å². The molecule has 2 aromatic carbocycles. The van der Waals surface area contributed by atoms with Gasteiger partial charge in [-0.2, -0.15) is 0 Å². The number of halogens is 1. The average molecular weight is 464 g/mol. The van der Waals surface area contributed by atoms with Crippen molar-refractivity contribution in [1.82, 2.24) is 15.2 Å². The molecule has 0 radical (unpaired) electrons. The van der Waals surface area contributed by atoms with Gasteiger partial charge in [0.05, 0.1) is 22.7 Å². The number of nitrogens with zero attached hydrogens (tertiary/aromatic N) is 2. The van der Waals surface area contributed by atoms with Crippen molar-refractivity contribution in [3.63, 3.8) is 0 Å². The van der Waals surface area contributed by atoms with Gasteiger partial charge in [-0.25, -0.2) is 9.37 Å². The monoisotopic (exact) mass is 463 g/mol. The van der Waals surface area contributed by atoms with Crippen LogP contribution in [-0.2, 0) is 11.3 Å². The second-order valence-electron chi connectivity index (χ2n) is 8.07. The fraction of sp³-hybridized carbons (Fsp3) is 0.240. The Kier molecular flexibility index (Phi) is 5.92. The van der Waals surface area contributed by atoms with Gasteiger partial charge in [0.1, 0.15) is 11.6 Å². The first-order valence-corrected chi connectivity index (χ1v) is 11.7. The Balaban J connectivity index is 1.18. The van der Waals surface area contributed by atoms with Crippen molar-refractivity contribution >= 4 is 33.4 Å². The zero-order chi connectivity index (χ0) is 22.8. The number of likely N-dealkylation sites (tertiary alicyclic amines) is 1. The molecule has 0 aliphatic carbocycles. The van der Waals surface area contributed by atoms with Crippen LogP contribution >= 0.6 is 11.3 Å². The molecule has 2 aromatic heterocycles. The highest BCUT2D eigenvalue weighted by molar-refractivity contribution is 7.21. The molecule has 6 nitrogen and oxygen atoms in total. The van der Waals surface area contributed by atoms with Crippen LogP contribution < -0.4 is 5.32 Å². The molecule has 2 amide bonds. The lowest BCUT2D eigenvalue weighted by Crippen LogP contribution is -2.45. The lowest BCUT2D eigenvalue weighted by atomic mass is 9.96. The number of hydrogen-bond donors (Lipinski definition) is 1. The summed E-state index contributed by atoms with van der Waals surface area (Å²) in [5.41, 5.74) is 1.36. The van der Waals surface area contributed by atoms with Crippen molar-refractivity contribution in [2.75, 3.05) is 13.1 Å². The number of benzene rings is 2. The molecular formula is C25H22FN3O3S. The number of hydrogen-bond acceptors (Lipinski definition) is 5. The maximum absolute atomic E-state index is 13.1. The Morgan fingerprint density at radius 2 is 1.94 bits per heavy atom. The Morgan fingerprint density at radius 3 is 2.76 bits per heavy atom. The van der Waals surface area contributed by atoms with E-state index in [2.05, 4.69) is 10.3 Å². The summed E-state index contributed by atoms with van der Waals surface area (Å²) in [6.45, 7) is 1.20. The van der Waals surface area contributed by atoms with Crippen LogP contribution in [0.2, 0.25) is 0 Å². The standard InChI is InChI=1S/C25H22FN3O3S/c26-18-9-7-16(8-10-18)25(31)29-13-3-4-17(15-29)23(30)27-14-19-11-12-21(32-19)24-28-20-5-1-2-6-22(20)33-24/h1-2,5-12,17H,3-4,13-15H2,(H,27,30)/t17-/m1/s1. The fourth-order valence-electron chi connectivity index (χ4n) is 4.03. The quantitative estimate of drug-likeness (QED) is 0.459. The van der Waals surface area contributed by atoms with E-state index >= 15 is 0 Å². The highest BCUT2D eigenvalue weighted by Gasteiger charge is 2.29. The SMILES string of the molecule is O=C(NCc1ccc(-c2nc3ccccc3s2)o1)[C@@H]1CCCN(C(=O)c2ccc(F)cc2)C1. The smallest absolute Gasteiger partial charge is 0.253 e. The Labute approximate surface area is 194 Å². The number of nitrogens with one attached hydrogen (secondary N) is 1. The van der Waals surface area contributed by atoms with E-state index in [9.17, 15) is 14.0 Å². The third kappa shape index (κ3) is 4.66. The molecule has 1 fully saturated rings. The minimum absolute atomic E-state index is 0.107. The second-order valence-corrected chi connectivity index (χ2v) is 9.10. The highest BCUT2D eigenvalue weighted by Crippen LogP contribution is 2.31. The molecular weight excluding hydrogens is 441 g/mol. The van der Waals surface area contributed by atoms with Crippen LogP contribution in [0.1, 0.15) is 29.0 Å². The maximum Gasteiger partial charge on any atom is 0.253 e. The van der Waals surface area contributed by atoms with Gasteiger partial charge in [0, 0.05) is 18.7 Å². The van der Waals surface area contributed by atoms with E-state index in [4.69, 9.17) is 4.42 Å². The van der Waals surface area contributed by atoms with Crippen molar-refractivity contribution in [3.8, 4) is 10.8 Å². The predicted octanol–water partition coefficient (Wildman–Crippen LogP) is 4.86. The summed E-state index contributed by atoms with van der Waals surface area (Å²) in [7, 11) is 0. The third-order valence-corrected chi connectivity index (χ3v) is 6.82. The number of amides is 2. The summed E-state index contributed by atoms with van der Waals surface area (Å²) in [6, 6.07) is 17.1. The number of thiazole rings is 1. The highest BCUT2D eigenvalue weighted by atomic mass is 32.1. The van der Waals surface area contributed by atoms with Gasteiger partial charge in [-0.3, -0.25) is 9.59 Å². The first-order valence-electron chi connectivity index (χ1n) is 10.8. The van der Waals surface area contributed by atoms with Crippen molar-refractivity contribution in [2.45, 2.75) is 19.4 Å². The largest absolute Gasteiger partial charge is 0.457 e. The molecule has 0 unspecified atom stereocenters. The number of carbonyl (C=O) groups excluding carboxylic acids is 2. The van der Waals surface area contributed by atoms with Gasteiger partial charge >= 0.3 is 0 Å². The van der Waals surface area contributed by atoms with E-state index in [0.29, 0.717) is 36.6 Å². The van der Waals surface area contributed by atoms with Gasteiger partial charge in [0.15, 0.2) is 10.8 Å². The molecule has 3 heterocycles. The van der Waals surface area contributed by atoms with Crippen molar-refractivity contribution in [3.05, 3.63) is 77.8 Å². The Morgan fingerprint density at radius 1 is 1.12 bits per heavy atom. The molecule has 33 heavy (non-hydrogen) atoms. The summed E-state index contributed by atoms with van der Waals surface area (Å²) in [6.07, 6.45) is 1.46. The molecule has 1 atom stereocenters. The molecule has 168 valence electrons. The number of aromatic nitrogens is 1. The number of furan rings is 1. The van der Waals surface area contributed by atoms with Crippen LogP contribution in [0.3, 0.4) is 0 Å². The van der Waals surface area contributed by atoms with E-state index in [0.717, 1.165) is 21.6 Å². The van der Waals surface area contributed by atoms with Crippen LogP contribution in [0.15, 0.2) is 65.1 Å². The van der Waals surface area contributed by atoms with E-state index in [1.807, 2.05) is 36.4 Å². The second kappa shape index (κ2) is 9.15. The summed E-state index contributed by atoms with van der Waals surface area (Å²) in [5.74, 6) is 0.360. The first-order chi connectivity index (χ1) is 16.1. The van der Waals surface area contributed by atoms with Crippen molar-refractivity contribution in [1.29, 1.82) is 0 Å². The van der Waals surface area contributed by atoms with Gasteiger partial charge in [0.2, 0.25) is 5.91 Å². The number of rotatable bonds is 5. The van der Waals surface area contributed by atoms with Crippen molar-refractivity contribution < 1.29 is 18.4 Å². The summed E-state index contributed by atoms with van der Waals surface area (Å²) in [5, 5.41) is 3.73. The van der Waals surface area contributed by atoms with Crippen LogP contribution in [0.5, 0.6) is 0 Å². The number of para-hydroxylation sites is 1. The predicted molar refractivity (Wildman–Crippen MR) is 124 cm³/mol. The molecule has 0 bridgehead atoms. The summed E-state index contributed by atoms with van der Waals surface area (Å²) in [4.78, 5) is 31.7. The number of fused-ring (bicyclic) bond motifs is 1. The van der Waals surface area contributed by atoms with Gasteiger partial charge in [-0.1, -0.05) is 12.1 Å². The molecule has 0 saturated carbocycles. The normalized spacial score (nSPS) is 16.2. The van der Waals surface area contributed by atoms with E-state index < -0.39 is 0 Å². The fourth-order valence-corrected chi connectivity index (χ4v) is 4.96. The summed E-state index contributed by atoms with van der Waals surface area (Å²) >= 11 is 1.56. The molecule has 4 aromatic rings. The topological polar surface area (TPSA) is 75.4 Å². The molecule has 1 aliphatic rings. The zero-order valence-corrected chi connectivity index (χ0v) is 18.6. The molecule has 1 saturated heterocycles. The molecule has 1 N–H and O–H groups in total. The first kappa shape index (κ1) is 21.3. The van der Waals surface area contributed by atoms with Crippen LogP contribution in [0.4, 0.5) is 4.39 Å². The number of carbonyl (C=O) groups is 2. The van der Waals surface area contributed by atoms with Gasteiger partial charge in [-0.15, -0.1) is 11.3 Å². The Hall–Kier alpha value is -3.52. The Bertz CT molecular complexity index is 1260. The third-order valence-electron chi connectivity index (χ3n) is 5.77. The molecule has 5 rings (SSSR count). The van der Waals surface area contributed by atoms with Crippen LogP contribution in [0.25, 0.3) is 21.0 Å². The van der Waals surface area contributed by atoms with Gasteiger partial charge in [0.25, 0.3) is 5.91 Å². The van der Waals surface area contributed by atoms with Crippen LogP contribution in [-0.4, -0.2) is 34.8 Å². The minimum atomic E-state index is -0.383. The summed E-state index contributed by atoms with van der Waals surface area (Å²) < 4.78 is 20.1. The zero-order valence-electron chi connectivity index (χ0n) is 17.8. The van der Waals surface area contributed by atoms with Crippen molar-refractivity contribution in [2.24, 2.45) is 5.92 Å². The maximum atomic E-state index is 13.1. The lowest BCUT2D eigenvalue weighted by Gasteiger charge is -2.32. The number of piperidine rings is 1. The van der Waals surface area contributed by atoms with E-state index in [1.54, 1.807) is 16.2 Å². The minimum Gasteiger partial charge on any atom is -0.457 e. The van der Waals surface area contributed by atoms with E-state index in [1.165, 1.54) is 24.3 Å². The molecule has 1 aliphatic heterocycles. The average Bonchev–Trinajstić information content (AvgIpc) is 3.49.